The molecule has 0 bridgehead atoms. The van der Waals surface area contributed by atoms with E-state index in [4.69, 9.17) is 14.2 Å². The van der Waals surface area contributed by atoms with Gasteiger partial charge in [0.15, 0.2) is 6.10 Å². The SMILES string of the molecule is CCCCCCCCC/C=C\CCCCCCCCCC(=O)OC(COC(=O)CCCCCCCCCC)COC(=O)CCCCCCCCCCCCCCCCCCCCCCCCCCCCCCCCCCCC. The van der Waals surface area contributed by atoms with Gasteiger partial charge in [0.25, 0.3) is 0 Å². The van der Waals surface area contributed by atoms with Crippen LogP contribution in [0.25, 0.3) is 0 Å². The van der Waals surface area contributed by atoms with Crippen molar-refractivity contribution in [1.29, 1.82) is 0 Å². The molecule has 0 spiro atoms. The second-order valence-electron chi connectivity index (χ2n) is 24.5. The lowest BCUT2D eigenvalue weighted by atomic mass is 10.0. The molecule has 0 radical (unpaired) electrons. The first-order valence-electron chi connectivity index (χ1n) is 35.7. The van der Waals surface area contributed by atoms with Gasteiger partial charge in [-0.2, -0.15) is 0 Å². The highest BCUT2D eigenvalue weighted by molar-refractivity contribution is 5.71. The number of carbonyl (C=O) groups excluding carboxylic acids is 3. The van der Waals surface area contributed by atoms with E-state index in [9.17, 15) is 14.4 Å². The number of rotatable bonds is 67. The van der Waals surface area contributed by atoms with Gasteiger partial charge in [0.2, 0.25) is 0 Å². The molecule has 0 saturated heterocycles. The Labute approximate surface area is 488 Å². The fraction of sp³-hybridized carbons (Fsp3) is 0.931. The van der Waals surface area contributed by atoms with Crippen LogP contribution in [0, 0.1) is 0 Å². The van der Waals surface area contributed by atoms with Gasteiger partial charge in [-0.3, -0.25) is 14.4 Å². The Balaban J connectivity index is 3.95. The average Bonchev–Trinajstić information content (AvgIpc) is 3.44. The van der Waals surface area contributed by atoms with Crippen LogP contribution in [0.2, 0.25) is 0 Å². The highest BCUT2D eigenvalue weighted by Gasteiger charge is 2.19. The first-order valence-corrected chi connectivity index (χ1v) is 35.7. The average molecular weight is 1100 g/mol. The number of carbonyl (C=O) groups is 3. The molecule has 0 fully saturated rings. The molecule has 0 aliphatic heterocycles. The van der Waals surface area contributed by atoms with Crippen molar-refractivity contribution in [2.24, 2.45) is 0 Å². The quantitative estimate of drug-likeness (QED) is 0.0261. The fourth-order valence-electron chi connectivity index (χ4n) is 11.2. The molecule has 0 heterocycles. The molecule has 1 atom stereocenters. The maximum Gasteiger partial charge on any atom is 0.306 e. The molecule has 0 N–H and O–H groups in total. The smallest absolute Gasteiger partial charge is 0.306 e. The van der Waals surface area contributed by atoms with Crippen molar-refractivity contribution >= 4 is 17.9 Å². The number of ether oxygens (including phenoxy) is 3. The van der Waals surface area contributed by atoms with E-state index in [0.717, 1.165) is 57.8 Å². The summed E-state index contributed by atoms with van der Waals surface area (Å²) in [7, 11) is 0. The lowest BCUT2D eigenvalue weighted by Crippen LogP contribution is -2.30. The van der Waals surface area contributed by atoms with E-state index >= 15 is 0 Å². The third kappa shape index (κ3) is 65.0. The zero-order chi connectivity index (χ0) is 56.4. The van der Waals surface area contributed by atoms with E-state index in [0.29, 0.717) is 19.3 Å². The van der Waals surface area contributed by atoms with Gasteiger partial charge in [-0.25, -0.2) is 0 Å². The molecule has 0 amide bonds. The third-order valence-electron chi connectivity index (χ3n) is 16.5. The number of hydrogen-bond acceptors (Lipinski definition) is 6. The molecule has 0 aromatic rings. The minimum absolute atomic E-state index is 0.0659. The van der Waals surface area contributed by atoms with Crippen molar-refractivity contribution in [3.8, 4) is 0 Å². The van der Waals surface area contributed by atoms with E-state index < -0.39 is 6.10 Å². The Morgan fingerprint density at radius 2 is 0.423 bits per heavy atom. The highest BCUT2D eigenvalue weighted by Crippen LogP contribution is 2.19. The minimum Gasteiger partial charge on any atom is -0.462 e. The molecule has 0 aromatic heterocycles. The van der Waals surface area contributed by atoms with Gasteiger partial charge in [-0.15, -0.1) is 0 Å². The van der Waals surface area contributed by atoms with Gasteiger partial charge in [0.1, 0.15) is 13.2 Å². The molecule has 0 rings (SSSR count). The molecule has 462 valence electrons. The lowest BCUT2D eigenvalue weighted by molar-refractivity contribution is -0.167. The molecule has 0 aromatic carbocycles. The third-order valence-corrected chi connectivity index (χ3v) is 16.5. The van der Waals surface area contributed by atoms with E-state index in [1.165, 1.54) is 315 Å². The van der Waals surface area contributed by atoms with Gasteiger partial charge in [0, 0.05) is 19.3 Å². The largest absolute Gasteiger partial charge is 0.462 e. The molecule has 6 heteroatoms. The molecule has 0 aliphatic rings. The summed E-state index contributed by atoms with van der Waals surface area (Å²) in [5, 5.41) is 0. The Morgan fingerprint density at radius 1 is 0.244 bits per heavy atom. The molecule has 1 unspecified atom stereocenters. The monoisotopic (exact) mass is 1100 g/mol. The van der Waals surface area contributed by atoms with Crippen molar-refractivity contribution < 1.29 is 28.6 Å². The van der Waals surface area contributed by atoms with Crippen LogP contribution in [0.5, 0.6) is 0 Å². The van der Waals surface area contributed by atoms with Gasteiger partial charge >= 0.3 is 17.9 Å². The van der Waals surface area contributed by atoms with Gasteiger partial charge in [0.05, 0.1) is 0 Å². The fourth-order valence-corrected chi connectivity index (χ4v) is 11.2. The van der Waals surface area contributed by atoms with Crippen LogP contribution in [-0.2, 0) is 28.6 Å². The first-order chi connectivity index (χ1) is 38.5. The maximum atomic E-state index is 12.9. The number of unbranched alkanes of at least 4 members (excludes halogenated alkanes) is 54. The van der Waals surface area contributed by atoms with E-state index in [2.05, 4.69) is 32.9 Å². The summed E-state index contributed by atoms with van der Waals surface area (Å²) < 4.78 is 16.9. The van der Waals surface area contributed by atoms with Gasteiger partial charge < -0.3 is 14.2 Å². The summed E-state index contributed by atoms with van der Waals surface area (Å²) in [4.78, 5) is 38.2. The Morgan fingerprint density at radius 3 is 0.641 bits per heavy atom. The number of hydrogen-bond donors (Lipinski definition) is 0. The maximum absolute atomic E-state index is 12.9. The van der Waals surface area contributed by atoms with Crippen LogP contribution >= 0.6 is 0 Å². The van der Waals surface area contributed by atoms with Crippen molar-refractivity contribution in [2.75, 3.05) is 13.2 Å². The van der Waals surface area contributed by atoms with Crippen LogP contribution in [0.1, 0.15) is 412 Å². The summed E-state index contributed by atoms with van der Waals surface area (Å²) in [5.41, 5.74) is 0. The van der Waals surface area contributed by atoms with E-state index in [1.54, 1.807) is 0 Å². The predicted molar refractivity (Wildman–Crippen MR) is 340 cm³/mol. The Bertz CT molecular complexity index is 1210. The summed E-state index contributed by atoms with van der Waals surface area (Å²) in [5.74, 6) is -0.846. The predicted octanol–water partition coefficient (Wildman–Crippen LogP) is 24.4. The lowest BCUT2D eigenvalue weighted by Gasteiger charge is -2.18. The van der Waals surface area contributed by atoms with Crippen molar-refractivity contribution in [2.45, 2.75) is 419 Å². The second kappa shape index (κ2) is 67.7. The van der Waals surface area contributed by atoms with Crippen LogP contribution in [0.4, 0.5) is 0 Å². The molecule has 78 heavy (non-hydrogen) atoms. The highest BCUT2D eigenvalue weighted by atomic mass is 16.6. The minimum atomic E-state index is -0.767. The summed E-state index contributed by atoms with van der Waals surface area (Å²) in [6, 6.07) is 0. The van der Waals surface area contributed by atoms with E-state index in [-0.39, 0.29) is 31.1 Å². The van der Waals surface area contributed by atoms with Crippen molar-refractivity contribution in [3.63, 3.8) is 0 Å². The van der Waals surface area contributed by atoms with Crippen LogP contribution < -0.4 is 0 Å². The van der Waals surface area contributed by atoms with Crippen LogP contribution in [0.15, 0.2) is 12.2 Å². The number of esters is 3. The van der Waals surface area contributed by atoms with Crippen molar-refractivity contribution in [3.05, 3.63) is 12.2 Å². The normalized spacial score (nSPS) is 12.0. The molecular formula is C72H138O6. The summed E-state index contributed by atoms with van der Waals surface area (Å²) >= 11 is 0. The first kappa shape index (κ1) is 76.1. The van der Waals surface area contributed by atoms with Gasteiger partial charge in [-0.05, 0) is 44.9 Å². The molecule has 0 aliphatic carbocycles. The van der Waals surface area contributed by atoms with Crippen molar-refractivity contribution in [1.82, 2.24) is 0 Å². The zero-order valence-corrected chi connectivity index (χ0v) is 53.2. The summed E-state index contributed by atoms with van der Waals surface area (Å²) in [6.07, 6.45) is 81.4. The Hall–Kier alpha value is -1.85. The van der Waals surface area contributed by atoms with Crippen LogP contribution in [-0.4, -0.2) is 37.2 Å². The Kier molecular flexibility index (Phi) is 66.0. The topological polar surface area (TPSA) is 78.9 Å². The summed E-state index contributed by atoms with van der Waals surface area (Å²) in [6.45, 7) is 6.68. The molecule has 0 saturated carbocycles. The second-order valence-corrected chi connectivity index (χ2v) is 24.5. The molecular weight excluding hydrogens is 961 g/mol. The van der Waals surface area contributed by atoms with Crippen LogP contribution in [0.3, 0.4) is 0 Å². The zero-order valence-electron chi connectivity index (χ0n) is 53.2. The van der Waals surface area contributed by atoms with Gasteiger partial charge in [-0.1, -0.05) is 360 Å². The molecule has 6 nitrogen and oxygen atoms in total. The number of allylic oxidation sites excluding steroid dienone is 2. The van der Waals surface area contributed by atoms with E-state index in [1.807, 2.05) is 0 Å². The standard InChI is InChI=1S/C72H138O6/c1-4-7-10-13-16-19-21-23-25-27-29-30-31-32-33-34-35-36-37-38-39-40-41-42-43-44-46-47-49-51-53-56-59-62-65-71(74)77-68-69(67-76-70(73)64-61-58-55-18-15-12-9-6-3)78-72(75)66-63-60-57-54-52-50-48-45-28-26-24-22-20-17-14-11-8-5-2/h26,28,69H,4-25,27,29-68H2,1-3H3/b28-26-.